The van der Waals surface area contributed by atoms with E-state index in [1.165, 1.54) is 10.9 Å². The summed E-state index contributed by atoms with van der Waals surface area (Å²) in [6.07, 6.45) is 2.03. The van der Waals surface area contributed by atoms with Crippen molar-refractivity contribution in [3.8, 4) is 0 Å². The van der Waals surface area contributed by atoms with Gasteiger partial charge in [0.15, 0.2) is 18.5 Å². The molecule has 0 fully saturated rings. The van der Waals surface area contributed by atoms with Gasteiger partial charge < -0.3 is 5.21 Å². The molecule has 0 spiro atoms. The number of aromatic nitrogens is 1. The Hall–Kier alpha value is -2.68. The first kappa shape index (κ1) is 13.3. The zero-order chi connectivity index (χ0) is 14.7. The van der Waals surface area contributed by atoms with Crippen LogP contribution in [0, 0.1) is 6.92 Å². The molecule has 0 saturated carbocycles. The van der Waals surface area contributed by atoms with Crippen molar-refractivity contribution in [3.05, 3.63) is 78.0 Å². The molecule has 3 aromatic rings. The minimum Gasteiger partial charge on any atom is -0.410 e. The molecule has 1 heterocycles. The minimum atomic E-state index is 0.529. The van der Waals surface area contributed by atoms with Gasteiger partial charge in [-0.3, -0.25) is 0 Å². The van der Waals surface area contributed by atoms with Crippen LogP contribution in [0.1, 0.15) is 11.1 Å². The summed E-state index contributed by atoms with van der Waals surface area (Å²) >= 11 is 0. The van der Waals surface area contributed by atoms with E-state index in [1.807, 2.05) is 48.7 Å². The summed E-state index contributed by atoms with van der Waals surface area (Å²) in [5.41, 5.74) is 3.95. The highest BCUT2D eigenvalue weighted by molar-refractivity contribution is 5.99. The van der Waals surface area contributed by atoms with Crippen LogP contribution in [0.2, 0.25) is 0 Å². The summed E-state index contributed by atoms with van der Waals surface area (Å²) in [5, 5.41) is 14.0. The molecule has 0 saturated heterocycles. The first-order valence-electron chi connectivity index (χ1n) is 6.94. The summed E-state index contributed by atoms with van der Waals surface area (Å²) in [6.45, 7) is 2.63. The van der Waals surface area contributed by atoms with E-state index in [2.05, 4.69) is 34.8 Å². The molecule has 3 rings (SSSR count). The molecule has 0 radical (unpaired) electrons. The van der Waals surface area contributed by atoms with Crippen LogP contribution in [-0.2, 0) is 6.54 Å². The first-order valence-corrected chi connectivity index (χ1v) is 6.94. The number of benzene rings is 2. The molecule has 21 heavy (non-hydrogen) atoms. The second-order valence-electron chi connectivity index (χ2n) is 5.06. The van der Waals surface area contributed by atoms with Crippen molar-refractivity contribution < 1.29 is 9.77 Å². The lowest BCUT2D eigenvalue weighted by Crippen LogP contribution is -2.38. The Morgan fingerprint density at radius 1 is 1.00 bits per heavy atom. The Bertz CT molecular complexity index is 795. The molecule has 0 unspecified atom stereocenters. The van der Waals surface area contributed by atoms with Crippen molar-refractivity contribution in [1.29, 1.82) is 0 Å². The van der Waals surface area contributed by atoms with E-state index in [0.717, 1.165) is 11.1 Å². The highest BCUT2D eigenvalue weighted by Crippen LogP contribution is 2.14. The van der Waals surface area contributed by atoms with Crippen molar-refractivity contribution in [3.63, 3.8) is 0 Å². The van der Waals surface area contributed by atoms with E-state index < -0.39 is 0 Å². The van der Waals surface area contributed by atoms with Gasteiger partial charge in [-0.15, -0.1) is 0 Å². The molecule has 1 aromatic heterocycles. The quantitative estimate of drug-likeness (QED) is 0.339. The minimum absolute atomic E-state index is 0.529. The predicted octanol–water partition coefficient (Wildman–Crippen LogP) is 3.31. The van der Waals surface area contributed by atoms with E-state index in [1.54, 1.807) is 0 Å². The number of nitrogens with zero attached hydrogens (tertiary/aromatic N) is 2. The van der Waals surface area contributed by atoms with Crippen LogP contribution >= 0.6 is 0 Å². The molecule has 0 aliphatic carbocycles. The fourth-order valence-corrected chi connectivity index (χ4v) is 2.54. The highest BCUT2D eigenvalue weighted by atomic mass is 16.4. The summed E-state index contributed by atoms with van der Waals surface area (Å²) < 4.78 is 2.10. The Kier molecular flexibility index (Phi) is 3.65. The average Bonchev–Trinajstić information content (AvgIpc) is 2.55. The standard InChI is InChI=1S/C18H16N2O/c1-14-11-12-20(18-10-6-5-9-16(14)18)13-17(19-21)15-7-3-2-4-8-15/h2-12H,13H2,1H3/p+1. The van der Waals surface area contributed by atoms with E-state index in [-0.39, 0.29) is 0 Å². The van der Waals surface area contributed by atoms with E-state index in [9.17, 15) is 5.21 Å². The van der Waals surface area contributed by atoms with E-state index in [4.69, 9.17) is 0 Å². The van der Waals surface area contributed by atoms with Gasteiger partial charge in [-0.05, 0) is 18.6 Å². The number of fused-ring (bicyclic) bond motifs is 1. The molecule has 0 aliphatic heterocycles. The SMILES string of the molecule is Cc1cc[n+](CC(=NO)c2ccccc2)c2ccccc12. The molecule has 0 aliphatic rings. The van der Waals surface area contributed by atoms with Gasteiger partial charge >= 0.3 is 0 Å². The largest absolute Gasteiger partial charge is 0.410 e. The van der Waals surface area contributed by atoms with Crippen molar-refractivity contribution in [2.45, 2.75) is 13.5 Å². The maximum Gasteiger partial charge on any atom is 0.213 e. The molecule has 0 bridgehead atoms. The second kappa shape index (κ2) is 5.75. The molecular formula is C18H17N2O+. The van der Waals surface area contributed by atoms with Crippen LogP contribution in [0.5, 0.6) is 0 Å². The third-order valence-electron chi connectivity index (χ3n) is 3.69. The van der Waals surface area contributed by atoms with Gasteiger partial charge in [-0.25, -0.2) is 0 Å². The lowest BCUT2D eigenvalue weighted by Gasteiger charge is -2.05. The molecule has 1 N–H and O–H groups in total. The van der Waals surface area contributed by atoms with Gasteiger partial charge in [0.05, 0.1) is 0 Å². The zero-order valence-electron chi connectivity index (χ0n) is 11.9. The van der Waals surface area contributed by atoms with E-state index in [0.29, 0.717) is 12.3 Å². The van der Waals surface area contributed by atoms with Gasteiger partial charge in [0, 0.05) is 23.1 Å². The maximum atomic E-state index is 9.34. The van der Waals surface area contributed by atoms with Crippen LogP contribution in [0.25, 0.3) is 10.9 Å². The summed E-state index contributed by atoms with van der Waals surface area (Å²) in [4.78, 5) is 0. The summed E-state index contributed by atoms with van der Waals surface area (Å²) in [6, 6.07) is 20.1. The fourth-order valence-electron chi connectivity index (χ4n) is 2.54. The third-order valence-corrected chi connectivity index (χ3v) is 3.69. The van der Waals surface area contributed by atoms with Crippen molar-refractivity contribution >= 4 is 16.6 Å². The van der Waals surface area contributed by atoms with Crippen LogP contribution < -0.4 is 4.57 Å². The predicted molar refractivity (Wildman–Crippen MR) is 83.6 cm³/mol. The average molecular weight is 277 g/mol. The van der Waals surface area contributed by atoms with Gasteiger partial charge in [-0.2, -0.15) is 4.57 Å². The second-order valence-corrected chi connectivity index (χ2v) is 5.06. The molecule has 3 nitrogen and oxygen atoms in total. The lowest BCUT2D eigenvalue weighted by molar-refractivity contribution is -0.655. The molecule has 104 valence electrons. The van der Waals surface area contributed by atoms with Crippen molar-refractivity contribution in [1.82, 2.24) is 0 Å². The van der Waals surface area contributed by atoms with Gasteiger partial charge in [0.25, 0.3) is 0 Å². The molecular weight excluding hydrogens is 260 g/mol. The van der Waals surface area contributed by atoms with Crippen LogP contribution in [0.3, 0.4) is 0 Å². The van der Waals surface area contributed by atoms with Crippen LogP contribution in [0.4, 0.5) is 0 Å². The normalized spacial score (nSPS) is 11.8. The van der Waals surface area contributed by atoms with Crippen molar-refractivity contribution in [2.75, 3.05) is 0 Å². The highest BCUT2D eigenvalue weighted by Gasteiger charge is 2.15. The number of rotatable bonds is 3. The van der Waals surface area contributed by atoms with Crippen LogP contribution in [0.15, 0.2) is 72.0 Å². The van der Waals surface area contributed by atoms with Gasteiger partial charge in [0.1, 0.15) is 0 Å². The first-order chi connectivity index (χ1) is 10.3. The summed E-state index contributed by atoms with van der Waals surface area (Å²) in [5.74, 6) is 0. The monoisotopic (exact) mass is 277 g/mol. The molecule has 3 heteroatoms. The maximum absolute atomic E-state index is 9.34. The van der Waals surface area contributed by atoms with Crippen molar-refractivity contribution in [2.24, 2.45) is 5.16 Å². The Labute approximate surface area is 123 Å². The Balaban J connectivity index is 2.04. The molecule has 2 aromatic carbocycles. The third kappa shape index (κ3) is 2.63. The fraction of sp³-hybridized carbons (Fsp3) is 0.111. The van der Waals surface area contributed by atoms with Gasteiger partial charge in [-0.1, -0.05) is 47.6 Å². The smallest absolute Gasteiger partial charge is 0.213 e. The Morgan fingerprint density at radius 2 is 1.71 bits per heavy atom. The number of aryl methyl sites for hydroxylation is 1. The van der Waals surface area contributed by atoms with E-state index >= 15 is 0 Å². The zero-order valence-corrected chi connectivity index (χ0v) is 11.9. The number of oxime groups is 1. The topological polar surface area (TPSA) is 36.5 Å². The molecule has 0 atom stereocenters. The Morgan fingerprint density at radius 3 is 2.48 bits per heavy atom. The summed E-state index contributed by atoms with van der Waals surface area (Å²) in [7, 11) is 0. The molecule has 0 amide bonds. The number of hydrogen-bond acceptors (Lipinski definition) is 2. The number of hydrogen-bond donors (Lipinski definition) is 1. The lowest BCUT2D eigenvalue weighted by atomic mass is 10.1. The van der Waals surface area contributed by atoms with Crippen LogP contribution in [-0.4, -0.2) is 10.9 Å². The van der Waals surface area contributed by atoms with Gasteiger partial charge in [0.2, 0.25) is 5.52 Å². The number of para-hydroxylation sites is 1. The number of pyridine rings is 1.